The second kappa shape index (κ2) is 19.5. The van der Waals surface area contributed by atoms with Crippen LogP contribution in [0, 0.1) is 0 Å². The minimum absolute atomic E-state index is 0.00355. The molecule has 2 fully saturated rings. The lowest BCUT2D eigenvalue weighted by molar-refractivity contribution is -0.120. The summed E-state index contributed by atoms with van der Waals surface area (Å²) in [5, 5.41) is 18.6. The average Bonchev–Trinajstić information content (AvgIpc) is 3.83. The molecule has 0 spiro atoms. The molecule has 0 aromatic heterocycles. The molecule has 0 saturated carbocycles. The van der Waals surface area contributed by atoms with Gasteiger partial charge in [-0.2, -0.15) is 0 Å². The summed E-state index contributed by atoms with van der Waals surface area (Å²) in [6.45, 7) is 3.70. The fourth-order valence-electron chi connectivity index (χ4n) is 6.62. The third-order valence-corrected chi connectivity index (χ3v) is 9.53. The van der Waals surface area contributed by atoms with E-state index in [2.05, 4.69) is 16.0 Å². The highest BCUT2D eigenvalue weighted by molar-refractivity contribution is 5.98. The van der Waals surface area contributed by atoms with Gasteiger partial charge in [-0.25, -0.2) is 14.4 Å². The lowest BCUT2D eigenvalue weighted by Crippen LogP contribution is -2.43. The van der Waals surface area contributed by atoms with Gasteiger partial charge in [-0.05, 0) is 60.4 Å². The summed E-state index contributed by atoms with van der Waals surface area (Å²) in [4.78, 5) is 67.5. The van der Waals surface area contributed by atoms with Gasteiger partial charge in [0.05, 0.1) is 19.2 Å². The number of carbonyl (C=O) groups excluding carboxylic acids is 5. The summed E-state index contributed by atoms with van der Waals surface area (Å²) >= 11 is 0. The van der Waals surface area contributed by atoms with E-state index in [0.717, 1.165) is 22.3 Å². The smallest absolute Gasteiger partial charge is 0.410 e. The molecule has 0 unspecified atom stereocenters. The Labute approximate surface area is 336 Å². The van der Waals surface area contributed by atoms with Crippen molar-refractivity contribution in [1.29, 1.82) is 0 Å². The monoisotopic (exact) mass is 789 g/mol. The standard InChI is InChI=1S/C44H47N5O9/c1-29(2)45-42(53)58-37-24-39(49(26-37)44(55)57-28-33-11-7-4-8-12-33)41(52)47-35-21-17-31(18-22-35)14-13-30-15-19-34(20-16-30)46-40(51)38-23-36(50)25-48(38)43(54)56-27-32-9-5-3-6-10-32/h3-22,29,36-39,50H,23-28H2,1-2H3,(H,45,53)(H,46,51)(H,47,52)/t36-,37-,38+,39+/m1/s1. The van der Waals surface area contributed by atoms with Gasteiger partial charge in [0.25, 0.3) is 0 Å². The van der Waals surface area contributed by atoms with Crippen LogP contribution in [0.4, 0.5) is 25.8 Å². The van der Waals surface area contributed by atoms with Gasteiger partial charge in [-0.3, -0.25) is 19.4 Å². The van der Waals surface area contributed by atoms with Crippen molar-refractivity contribution >= 4 is 53.6 Å². The van der Waals surface area contributed by atoms with E-state index in [1.54, 1.807) is 38.1 Å². The van der Waals surface area contributed by atoms with Gasteiger partial charge < -0.3 is 35.3 Å². The maximum atomic E-state index is 13.5. The number of nitrogens with zero attached hydrogens (tertiary/aromatic N) is 2. The number of carbonyl (C=O) groups is 5. The first-order valence-corrected chi connectivity index (χ1v) is 19.1. The largest absolute Gasteiger partial charge is 0.445 e. The molecule has 4 aromatic carbocycles. The Kier molecular flexibility index (Phi) is 13.7. The summed E-state index contributed by atoms with van der Waals surface area (Å²) in [5.41, 5.74) is 4.37. The van der Waals surface area contributed by atoms with Crippen molar-refractivity contribution in [3.63, 3.8) is 0 Å². The number of nitrogens with one attached hydrogen (secondary N) is 3. The predicted octanol–water partition coefficient (Wildman–Crippen LogP) is 6.42. The van der Waals surface area contributed by atoms with E-state index in [9.17, 15) is 29.1 Å². The maximum absolute atomic E-state index is 13.5. The van der Waals surface area contributed by atoms with E-state index in [1.807, 2.05) is 97.1 Å². The van der Waals surface area contributed by atoms with Crippen LogP contribution < -0.4 is 16.0 Å². The van der Waals surface area contributed by atoms with Crippen LogP contribution in [0.5, 0.6) is 0 Å². The molecule has 2 aliphatic rings. The van der Waals surface area contributed by atoms with Crippen molar-refractivity contribution < 1.29 is 43.3 Å². The van der Waals surface area contributed by atoms with Crippen molar-refractivity contribution in [3.8, 4) is 0 Å². The third kappa shape index (κ3) is 11.4. The third-order valence-electron chi connectivity index (χ3n) is 9.53. The lowest BCUT2D eigenvalue weighted by atomic mass is 10.1. The highest BCUT2D eigenvalue weighted by atomic mass is 16.6. The summed E-state index contributed by atoms with van der Waals surface area (Å²) in [5.74, 6) is -0.864. The van der Waals surface area contributed by atoms with Crippen LogP contribution in [0.25, 0.3) is 12.2 Å². The average molecular weight is 790 g/mol. The Morgan fingerprint density at radius 2 is 1.10 bits per heavy atom. The van der Waals surface area contributed by atoms with Crippen LogP contribution in [0.15, 0.2) is 109 Å². The molecule has 2 saturated heterocycles. The van der Waals surface area contributed by atoms with E-state index in [-0.39, 0.29) is 45.2 Å². The number of benzene rings is 4. The van der Waals surface area contributed by atoms with E-state index < -0.39 is 54.4 Å². The van der Waals surface area contributed by atoms with Gasteiger partial charge in [0.2, 0.25) is 11.8 Å². The SMILES string of the molecule is CC(C)NC(=O)O[C@@H]1C[C@@H](C(=O)Nc2ccc(C=Cc3ccc(NC(=O)[C@@H]4C[C@@H](O)CN4C(=O)OCc4ccccc4)cc3)cc2)N(C(=O)OCc2ccccc2)C1. The Balaban J connectivity index is 1.01. The number of likely N-dealkylation sites (tertiary alicyclic amines) is 2. The number of ether oxygens (including phenoxy) is 3. The quantitative estimate of drug-likeness (QED) is 0.0933. The van der Waals surface area contributed by atoms with Crippen molar-refractivity contribution in [2.75, 3.05) is 23.7 Å². The summed E-state index contributed by atoms with van der Waals surface area (Å²) < 4.78 is 16.4. The van der Waals surface area contributed by atoms with Crippen LogP contribution in [0.1, 0.15) is 48.9 Å². The Morgan fingerprint density at radius 3 is 1.57 bits per heavy atom. The molecule has 14 heteroatoms. The molecule has 4 atom stereocenters. The molecule has 5 amide bonds. The van der Waals surface area contributed by atoms with Crippen LogP contribution in [-0.2, 0) is 37.0 Å². The van der Waals surface area contributed by atoms with Gasteiger partial charge >= 0.3 is 18.3 Å². The number of rotatable bonds is 12. The Bertz CT molecular complexity index is 2060. The molecular formula is C44H47N5O9. The van der Waals surface area contributed by atoms with Gasteiger partial charge in [-0.1, -0.05) is 97.1 Å². The van der Waals surface area contributed by atoms with Gasteiger partial charge in [0.1, 0.15) is 31.4 Å². The molecule has 2 heterocycles. The van der Waals surface area contributed by atoms with Crippen molar-refractivity contribution in [1.82, 2.24) is 15.1 Å². The summed E-state index contributed by atoms with van der Waals surface area (Å²) in [6.07, 6.45) is 0.471. The van der Waals surface area contributed by atoms with Crippen molar-refractivity contribution in [2.24, 2.45) is 0 Å². The molecule has 4 aromatic rings. The first kappa shape index (κ1) is 41.0. The Morgan fingerprint density at radius 1 is 0.655 bits per heavy atom. The molecule has 0 bridgehead atoms. The second-order valence-corrected chi connectivity index (χ2v) is 14.4. The highest BCUT2D eigenvalue weighted by Gasteiger charge is 2.43. The van der Waals surface area contributed by atoms with E-state index >= 15 is 0 Å². The predicted molar refractivity (Wildman–Crippen MR) is 217 cm³/mol. The molecule has 302 valence electrons. The molecule has 58 heavy (non-hydrogen) atoms. The van der Waals surface area contributed by atoms with Crippen LogP contribution in [-0.4, -0.2) is 88.4 Å². The van der Waals surface area contributed by atoms with Crippen molar-refractivity contribution in [3.05, 3.63) is 131 Å². The number of hydrogen-bond donors (Lipinski definition) is 4. The van der Waals surface area contributed by atoms with E-state index in [0.29, 0.717) is 11.4 Å². The normalized spacial score (nSPS) is 18.8. The highest BCUT2D eigenvalue weighted by Crippen LogP contribution is 2.25. The minimum Gasteiger partial charge on any atom is -0.445 e. The second-order valence-electron chi connectivity index (χ2n) is 14.4. The number of β-amino-alcohol motifs (C(OH)–C–C–N with tert-alkyl or cyclic N) is 1. The minimum atomic E-state index is -0.933. The lowest BCUT2D eigenvalue weighted by Gasteiger charge is -2.23. The number of anilines is 2. The first-order chi connectivity index (χ1) is 28.0. The van der Waals surface area contributed by atoms with Crippen LogP contribution >= 0.6 is 0 Å². The Hall–Kier alpha value is -6.67. The zero-order chi connectivity index (χ0) is 41.0. The summed E-state index contributed by atoms with van der Waals surface area (Å²) in [7, 11) is 0. The number of aliphatic hydroxyl groups is 1. The topological polar surface area (TPSA) is 176 Å². The number of amides is 5. The van der Waals surface area contributed by atoms with E-state index in [1.165, 1.54) is 9.80 Å². The van der Waals surface area contributed by atoms with E-state index in [4.69, 9.17) is 14.2 Å². The fraction of sp³-hybridized carbons (Fsp3) is 0.295. The molecule has 2 aliphatic heterocycles. The molecule has 14 nitrogen and oxygen atoms in total. The van der Waals surface area contributed by atoms with Crippen molar-refractivity contribution in [2.45, 2.75) is 70.2 Å². The molecule has 6 rings (SSSR count). The van der Waals surface area contributed by atoms with Crippen LogP contribution in [0.2, 0.25) is 0 Å². The fourth-order valence-corrected chi connectivity index (χ4v) is 6.62. The summed E-state index contributed by atoms with van der Waals surface area (Å²) in [6, 6.07) is 30.8. The zero-order valence-corrected chi connectivity index (χ0v) is 32.3. The number of aliphatic hydroxyl groups excluding tert-OH is 1. The molecular weight excluding hydrogens is 743 g/mol. The number of alkyl carbamates (subject to hydrolysis) is 1. The molecule has 0 radical (unpaired) electrons. The van der Waals surface area contributed by atoms with Gasteiger partial charge in [0, 0.05) is 30.3 Å². The molecule has 0 aliphatic carbocycles. The van der Waals surface area contributed by atoms with Gasteiger partial charge in [0.15, 0.2) is 0 Å². The number of hydrogen-bond acceptors (Lipinski definition) is 9. The van der Waals surface area contributed by atoms with Gasteiger partial charge in [-0.15, -0.1) is 0 Å². The first-order valence-electron chi connectivity index (χ1n) is 19.1. The zero-order valence-electron chi connectivity index (χ0n) is 32.3. The maximum Gasteiger partial charge on any atom is 0.410 e. The molecule has 4 N–H and O–H groups in total. The van der Waals surface area contributed by atoms with Crippen LogP contribution in [0.3, 0.4) is 0 Å².